The standard InChI is InChI=1S/C24H15Br2NS/c25-19-15-24(28-16-8-2-1-3-9-16)20(26)14-23(19)27-21-12-6-4-10-17(21)18-11-5-7-13-22(18)27/h1-15H. The van der Waals surface area contributed by atoms with Gasteiger partial charge in [0.1, 0.15) is 0 Å². The van der Waals surface area contributed by atoms with E-state index in [2.05, 4.69) is 121 Å². The predicted molar refractivity (Wildman–Crippen MR) is 127 cm³/mol. The highest BCUT2D eigenvalue weighted by Crippen LogP contribution is 2.40. The lowest BCUT2D eigenvalue weighted by atomic mass is 10.2. The quantitative estimate of drug-likeness (QED) is 0.236. The van der Waals surface area contributed by atoms with Gasteiger partial charge in [0.05, 0.1) is 16.7 Å². The van der Waals surface area contributed by atoms with Crippen LogP contribution >= 0.6 is 43.6 Å². The summed E-state index contributed by atoms with van der Waals surface area (Å²) < 4.78 is 4.48. The van der Waals surface area contributed by atoms with E-state index in [9.17, 15) is 0 Å². The number of rotatable bonds is 3. The number of aromatic nitrogens is 1. The SMILES string of the molecule is Brc1cc(-n2c3ccccc3c3ccccc32)c(Br)cc1Sc1ccccc1. The van der Waals surface area contributed by atoms with Gasteiger partial charge in [0.2, 0.25) is 0 Å². The smallest absolute Gasteiger partial charge is 0.0616 e. The minimum Gasteiger partial charge on any atom is -0.308 e. The van der Waals surface area contributed by atoms with Gasteiger partial charge in [-0.15, -0.1) is 0 Å². The third-order valence-electron chi connectivity index (χ3n) is 4.79. The summed E-state index contributed by atoms with van der Waals surface area (Å²) in [7, 11) is 0. The molecule has 0 N–H and O–H groups in total. The lowest BCUT2D eigenvalue weighted by Crippen LogP contribution is -1.96. The Morgan fingerprint density at radius 3 is 1.82 bits per heavy atom. The van der Waals surface area contributed by atoms with Crippen LogP contribution in [0.5, 0.6) is 0 Å². The third kappa shape index (κ3) is 3.10. The Balaban J connectivity index is 1.71. The molecule has 0 unspecified atom stereocenters. The molecule has 0 bridgehead atoms. The Bertz CT molecular complexity index is 1260. The van der Waals surface area contributed by atoms with Crippen molar-refractivity contribution in [3.63, 3.8) is 0 Å². The second kappa shape index (κ2) is 7.43. The van der Waals surface area contributed by atoms with E-state index >= 15 is 0 Å². The molecule has 0 atom stereocenters. The summed E-state index contributed by atoms with van der Waals surface area (Å²) >= 11 is 9.39. The summed E-state index contributed by atoms with van der Waals surface area (Å²) in [6.07, 6.45) is 0. The summed E-state index contributed by atoms with van der Waals surface area (Å²) in [4.78, 5) is 2.40. The zero-order chi connectivity index (χ0) is 19.1. The van der Waals surface area contributed by atoms with Crippen LogP contribution in [0.1, 0.15) is 0 Å². The summed E-state index contributed by atoms with van der Waals surface area (Å²) in [5.74, 6) is 0. The molecule has 136 valence electrons. The molecule has 1 nitrogen and oxygen atoms in total. The fraction of sp³-hybridized carbons (Fsp3) is 0. The molecule has 5 rings (SSSR count). The van der Waals surface area contributed by atoms with Gasteiger partial charge in [-0.25, -0.2) is 0 Å². The molecule has 1 aromatic heterocycles. The highest BCUT2D eigenvalue weighted by Gasteiger charge is 2.15. The third-order valence-corrected chi connectivity index (χ3v) is 7.41. The van der Waals surface area contributed by atoms with E-state index in [-0.39, 0.29) is 0 Å². The monoisotopic (exact) mass is 507 g/mol. The molecule has 0 aliphatic rings. The average Bonchev–Trinajstić information content (AvgIpc) is 3.06. The van der Waals surface area contributed by atoms with E-state index in [1.807, 2.05) is 6.07 Å². The highest BCUT2D eigenvalue weighted by molar-refractivity contribution is 9.11. The van der Waals surface area contributed by atoms with E-state index in [1.165, 1.54) is 31.6 Å². The summed E-state index contributed by atoms with van der Waals surface area (Å²) in [5.41, 5.74) is 3.54. The van der Waals surface area contributed by atoms with Gasteiger partial charge in [-0.2, -0.15) is 0 Å². The summed E-state index contributed by atoms with van der Waals surface area (Å²) in [6, 6.07) is 32.0. The molecule has 0 saturated heterocycles. The number of halogens is 2. The topological polar surface area (TPSA) is 4.93 Å². The van der Waals surface area contributed by atoms with E-state index in [0.29, 0.717) is 0 Å². The van der Waals surface area contributed by atoms with Gasteiger partial charge >= 0.3 is 0 Å². The van der Waals surface area contributed by atoms with Crippen molar-refractivity contribution in [2.24, 2.45) is 0 Å². The molecule has 4 aromatic carbocycles. The molecular weight excluding hydrogens is 494 g/mol. The lowest BCUT2D eigenvalue weighted by Gasteiger charge is -2.13. The first-order valence-electron chi connectivity index (χ1n) is 8.93. The molecule has 0 amide bonds. The van der Waals surface area contributed by atoms with Crippen LogP contribution in [0, 0.1) is 0 Å². The second-order valence-corrected chi connectivity index (χ2v) is 9.34. The normalized spacial score (nSPS) is 11.4. The van der Waals surface area contributed by atoms with Crippen molar-refractivity contribution in [1.29, 1.82) is 0 Å². The maximum absolute atomic E-state index is 3.83. The Hall–Kier alpha value is -2.01. The zero-order valence-corrected chi connectivity index (χ0v) is 18.8. The minimum absolute atomic E-state index is 1.07. The van der Waals surface area contributed by atoms with Crippen LogP contribution in [-0.2, 0) is 0 Å². The van der Waals surface area contributed by atoms with Crippen LogP contribution < -0.4 is 0 Å². The first-order chi connectivity index (χ1) is 13.7. The fourth-order valence-electron chi connectivity index (χ4n) is 3.57. The van der Waals surface area contributed by atoms with Crippen molar-refractivity contribution in [1.82, 2.24) is 4.57 Å². The van der Waals surface area contributed by atoms with Gasteiger partial charge < -0.3 is 4.57 Å². The molecule has 5 aromatic rings. The Morgan fingerprint density at radius 1 is 0.607 bits per heavy atom. The molecule has 0 aliphatic carbocycles. The predicted octanol–water partition coefficient (Wildman–Crippen LogP) is 8.46. The van der Waals surface area contributed by atoms with Crippen LogP contribution in [0.4, 0.5) is 0 Å². The van der Waals surface area contributed by atoms with Gasteiger partial charge in [0.25, 0.3) is 0 Å². The van der Waals surface area contributed by atoms with Crippen molar-refractivity contribution in [2.75, 3.05) is 0 Å². The number of hydrogen-bond acceptors (Lipinski definition) is 1. The number of fused-ring (bicyclic) bond motifs is 3. The first-order valence-corrected chi connectivity index (χ1v) is 11.3. The number of para-hydroxylation sites is 2. The maximum Gasteiger partial charge on any atom is 0.0616 e. The first kappa shape index (κ1) is 18.0. The van der Waals surface area contributed by atoms with Crippen molar-refractivity contribution in [2.45, 2.75) is 9.79 Å². The van der Waals surface area contributed by atoms with Gasteiger partial charge in [-0.05, 0) is 68.3 Å². The molecule has 0 fully saturated rings. The number of benzene rings is 4. The minimum atomic E-state index is 1.07. The maximum atomic E-state index is 3.83. The number of nitrogens with zero attached hydrogens (tertiary/aromatic N) is 1. The molecule has 4 heteroatoms. The second-order valence-electron chi connectivity index (χ2n) is 6.52. The molecule has 0 spiro atoms. The van der Waals surface area contributed by atoms with Gasteiger partial charge in [0, 0.05) is 29.5 Å². The molecule has 28 heavy (non-hydrogen) atoms. The highest BCUT2D eigenvalue weighted by atomic mass is 79.9. The van der Waals surface area contributed by atoms with Crippen molar-refractivity contribution >= 4 is 65.4 Å². The molecule has 0 radical (unpaired) electrons. The Labute approximate surface area is 184 Å². The van der Waals surface area contributed by atoms with Crippen LogP contribution in [0.3, 0.4) is 0 Å². The van der Waals surface area contributed by atoms with E-state index in [0.717, 1.165) is 14.6 Å². The molecule has 0 saturated carbocycles. The van der Waals surface area contributed by atoms with Crippen molar-refractivity contribution in [3.05, 3.63) is 99.9 Å². The molecular formula is C24H15Br2NS. The lowest BCUT2D eigenvalue weighted by molar-refractivity contribution is 1.15. The average molecular weight is 509 g/mol. The fourth-order valence-corrected chi connectivity index (χ4v) is 5.69. The van der Waals surface area contributed by atoms with Crippen LogP contribution in [0.2, 0.25) is 0 Å². The van der Waals surface area contributed by atoms with Gasteiger partial charge in [-0.1, -0.05) is 66.4 Å². The van der Waals surface area contributed by atoms with Crippen LogP contribution in [-0.4, -0.2) is 4.57 Å². The van der Waals surface area contributed by atoms with E-state index in [1.54, 1.807) is 11.8 Å². The number of hydrogen-bond donors (Lipinski definition) is 0. The summed E-state index contributed by atoms with van der Waals surface area (Å²) in [6.45, 7) is 0. The molecule has 1 heterocycles. The van der Waals surface area contributed by atoms with Crippen molar-refractivity contribution < 1.29 is 0 Å². The van der Waals surface area contributed by atoms with Crippen LogP contribution in [0.15, 0.2) is 110 Å². The van der Waals surface area contributed by atoms with E-state index < -0.39 is 0 Å². The summed E-state index contributed by atoms with van der Waals surface area (Å²) in [5, 5.41) is 2.53. The zero-order valence-electron chi connectivity index (χ0n) is 14.8. The largest absolute Gasteiger partial charge is 0.308 e. The van der Waals surface area contributed by atoms with Crippen LogP contribution in [0.25, 0.3) is 27.5 Å². The Kier molecular flexibility index (Phi) is 4.79. The van der Waals surface area contributed by atoms with Gasteiger partial charge in [-0.3, -0.25) is 0 Å². The molecule has 0 aliphatic heterocycles. The van der Waals surface area contributed by atoms with Gasteiger partial charge in [0.15, 0.2) is 0 Å². The van der Waals surface area contributed by atoms with E-state index in [4.69, 9.17) is 0 Å². The van der Waals surface area contributed by atoms with Crippen molar-refractivity contribution in [3.8, 4) is 5.69 Å². The Morgan fingerprint density at radius 2 is 1.18 bits per heavy atom.